The van der Waals surface area contributed by atoms with Gasteiger partial charge in [-0.1, -0.05) is 19.3 Å². The fourth-order valence-corrected chi connectivity index (χ4v) is 3.13. The molecule has 21 heavy (non-hydrogen) atoms. The number of amides is 1. The van der Waals surface area contributed by atoms with E-state index in [0.717, 1.165) is 32.1 Å². The number of fused-ring (bicyclic) bond motifs is 1. The molecule has 0 radical (unpaired) electrons. The molecule has 116 valence electrons. The molecule has 0 saturated heterocycles. The van der Waals surface area contributed by atoms with Crippen molar-refractivity contribution in [2.24, 2.45) is 5.92 Å². The third kappa shape index (κ3) is 3.01. The zero-order chi connectivity index (χ0) is 14.8. The normalized spacial score (nSPS) is 20.1. The molecule has 2 aliphatic rings. The minimum absolute atomic E-state index is 0.145. The largest absolute Gasteiger partial charge is 0.476 e. The van der Waals surface area contributed by atoms with Crippen LogP contribution in [0.2, 0.25) is 0 Å². The molecule has 0 spiro atoms. The lowest BCUT2D eigenvalue weighted by Crippen LogP contribution is -2.46. The fraction of sp³-hybridized carbons (Fsp3) is 0.714. The summed E-state index contributed by atoms with van der Waals surface area (Å²) in [6.07, 6.45) is 1.94. The Balaban J connectivity index is 1.68. The quantitative estimate of drug-likeness (QED) is 0.927. The summed E-state index contributed by atoms with van der Waals surface area (Å²) in [6.45, 7) is 1.12. The lowest BCUT2D eigenvalue weighted by Gasteiger charge is -2.30. The van der Waals surface area contributed by atoms with E-state index >= 15 is 0 Å². The molecule has 1 amide bonds. The topological polar surface area (TPSA) is 56.2 Å². The van der Waals surface area contributed by atoms with Crippen molar-refractivity contribution >= 4 is 5.91 Å². The average Bonchev–Trinajstić information content (AvgIpc) is 3.06. The molecule has 1 N–H and O–H groups in total. The van der Waals surface area contributed by atoms with Crippen molar-refractivity contribution in [3.8, 4) is 5.88 Å². The van der Waals surface area contributed by atoms with Crippen LogP contribution in [0.25, 0.3) is 0 Å². The van der Waals surface area contributed by atoms with E-state index in [0.29, 0.717) is 19.0 Å². The molecule has 7 heteroatoms. The van der Waals surface area contributed by atoms with Crippen LogP contribution in [0.1, 0.15) is 42.6 Å². The molecule has 1 fully saturated rings. The summed E-state index contributed by atoms with van der Waals surface area (Å²) in [4.78, 5) is 12.1. The van der Waals surface area contributed by atoms with Gasteiger partial charge in [0.15, 0.2) is 5.69 Å². The van der Waals surface area contributed by atoms with E-state index < -0.39 is 18.4 Å². The van der Waals surface area contributed by atoms with Gasteiger partial charge in [0, 0.05) is 6.07 Å². The van der Waals surface area contributed by atoms with Crippen LogP contribution in [0.5, 0.6) is 5.88 Å². The number of hydrogen-bond acceptors (Lipinski definition) is 3. The highest BCUT2D eigenvalue weighted by molar-refractivity contribution is 5.92. The lowest BCUT2D eigenvalue weighted by molar-refractivity contribution is 0.0498. The third-order valence-corrected chi connectivity index (χ3v) is 4.26. The van der Waals surface area contributed by atoms with Crippen molar-refractivity contribution in [1.82, 2.24) is 15.1 Å². The van der Waals surface area contributed by atoms with E-state index in [1.54, 1.807) is 4.68 Å². The third-order valence-electron chi connectivity index (χ3n) is 4.26. The first kappa shape index (κ1) is 14.3. The van der Waals surface area contributed by atoms with Gasteiger partial charge < -0.3 is 10.1 Å². The van der Waals surface area contributed by atoms with Gasteiger partial charge in [0.25, 0.3) is 12.3 Å². The van der Waals surface area contributed by atoms with Crippen LogP contribution in [-0.2, 0) is 6.54 Å². The Morgan fingerprint density at radius 1 is 1.38 bits per heavy atom. The number of nitrogens with one attached hydrogen (secondary N) is 1. The average molecular weight is 299 g/mol. The fourth-order valence-electron chi connectivity index (χ4n) is 3.13. The predicted octanol–water partition coefficient (Wildman–Crippen LogP) is 2.22. The van der Waals surface area contributed by atoms with Gasteiger partial charge in [-0.15, -0.1) is 0 Å². The summed E-state index contributed by atoms with van der Waals surface area (Å²) in [6, 6.07) is 0.418. The van der Waals surface area contributed by atoms with Gasteiger partial charge in [-0.3, -0.25) is 4.79 Å². The Bertz CT molecular complexity index is 491. The molecule has 2 heterocycles. The summed E-state index contributed by atoms with van der Waals surface area (Å²) in [5.41, 5.74) is 0.145. The van der Waals surface area contributed by atoms with Gasteiger partial charge >= 0.3 is 0 Å². The minimum Gasteiger partial charge on any atom is -0.476 e. The number of aromatic nitrogens is 2. The Labute approximate surface area is 121 Å². The number of halogens is 2. The number of nitrogens with zero attached hydrogens (tertiary/aromatic N) is 2. The van der Waals surface area contributed by atoms with Gasteiger partial charge in [-0.25, -0.2) is 13.5 Å². The highest BCUT2D eigenvalue weighted by atomic mass is 19.3. The highest BCUT2D eigenvalue weighted by Gasteiger charge is 2.33. The van der Waals surface area contributed by atoms with Crippen LogP contribution in [0, 0.1) is 5.92 Å². The first-order valence-electron chi connectivity index (χ1n) is 7.45. The molecule has 0 aromatic carbocycles. The molecule has 1 saturated carbocycles. The lowest BCUT2D eigenvalue weighted by atomic mass is 9.84. The standard InChI is InChI=1S/C14H19F2N3O2/c15-13(16)12(9-4-2-1-3-5-9)17-14(20)10-8-11-19(18-10)6-7-21-11/h8-9,12-13H,1-7H2,(H,17,20). The van der Waals surface area contributed by atoms with Crippen LogP contribution < -0.4 is 10.1 Å². The first-order chi connectivity index (χ1) is 10.1. The maximum atomic E-state index is 13.3. The Hall–Kier alpha value is -1.66. The number of ether oxygens (including phenoxy) is 1. The van der Waals surface area contributed by atoms with Gasteiger partial charge in [-0.05, 0) is 18.8 Å². The molecule has 1 aliphatic heterocycles. The van der Waals surface area contributed by atoms with Crippen LogP contribution in [0.15, 0.2) is 6.07 Å². The highest BCUT2D eigenvalue weighted by Crippen LogP contribution is 2.29. The van der Waals surface area contributed by atoms with Gasteiger partial charge in [0.2, 0.25) is 5.88 Å². The van der Waals surface area contributed by atoms with E-state index in [-0.39, 0.29) is 11.6 Å². The zero-order valence-electron chi connectivity index (χ0n) is 11.7. The molecule has 1 aliphatic carbocycles. The second-order valence-electron chi connectivity index (χ2n) is 5.67. The van der Waals surface area contributed by atoms with Crippen molar-refractivity contribution < 1.29 is 18.3 Å². The molecule has 1 unspecified atom stereocenters. The number of carbonyl (C=O) groups excluding carboxylic acids is 1. The van der Waals surface area contributed by atoms with Gasteiger partial charge in [0.05, 0.1) is 12.6 Å². The monoisotopic (exact) mass is 299 g/mol. The van der Waals surface area contributed by atoms with Crippen LogP contribution in [0.3, 0.4) is 0 Å². The van der Waals surface area contributed by atoms with E-state index in [4.69, 9.17) is 4.74 Å². The van der Waals surface area contributed by atoms with E-state index in [1.165, 1.54) is 6.07 Å². The number of hydrogen-bond donors (Lipinski definition) is 1. The van der Waals surface area contributed by atoms with Crippen molar-refractivity contribution in [2.45, 2.75) is 51.1 Å². The summed E-state index contributed by atoms with van der Waals surface area (Å²) >= 11 is 0. The van der Waals surface area contributed by atoms with E-state index in [2.05, 4.69) is 10.4 Å². The summed E-state index contributed by atoms with van der Waals surface area (Å²) in [5, 5.41) is 6.55. The van der Waals surface area contributed by atoms with Crippen molar-refractivity contribution in [3.63, 3.8) is 0 Å². The van der Waals surface area contributed by atoms with Crippen molar-refractivity contribution in [3.05, 3.63) is 11.8 Å². The van der Waals surface area contributed by atoms with Gasteiger partial charge in [-0.2, -0.15) is 5.10 Å². The minimum atomic E-state index is -2.55. The molecule has 3 rings (SSSR count). The van der Waals surface area contributed by atoms with Crippen LogP contribution >= 0.6 is 0 Å². The van der Waals surface area contributed by atoms with Crippen LogP contribution in [-0.4, -0.2) is 34.8 Å². The molecule has 0 bridgehead atoms. The SMILES string of the molecule is O=C(NC(C(F)F)C1CCCCC1)c1cc2n(n1)CCO2. The second kappa shape index (κ2) is 5.99. The molecular formula is C14H19F2N3O2. The second-order valence-corrected chi connectivity index (χ2v) is 5.67. The van der Waals surface area contributed by atoms with Crippen molar-refractivity contribution in [1.29, 1.82) is 0 Å². The molecule has 1 aromatic heterocycles. The Morgan fingerprint density at radius 3 is 2.81 bits per heavy atom. The molecule has 1 atom stereocenters. The van der Waals surface area contributed by atoms with Crippen LogP contribution in [0.4, 0.5) is 8.78 Å². The molecular weight excluding hydrogens is 280 g/mol. The summed E-state index contributed by atoms with van der Waals surface area (Å²) in [7, 11) is 0. The van der Waals surface area contributed by atoms with Crippen molar-refractivity contribution in [2.75, 3.05) is 6.61 Å². The predicted molar refractivity (Wildman–Crippen MR) is 71.6 cm³/mol. The smallest absolute Gasteiger partial charge is 0.272 e. The van der Waals surface area contributed by atoms with Gasteiger partial charge in [0.1, 0.15) is 6.61 Å². The maximum absolute atomic E-state index is 13.3. The van der Waals surface area contributed by atoms with E-state index in [9.17, 15) is 13.6 Å². The number of alkyl halides is 2. The van der Waals surface area contributed by atoms with E-state index in [1.807, 2.05) is 0 Å². The Kier molecular flexibility index (Phi) is 4.07. The molecule has 5 nitrogen and oxygen atoms in total. The number of carbonyl (C=O) groups is 1. The number of rotatable bonds is 4. The zero-order valence-corrected chi connectivity index (χ0v) is 11.7. The summed E-state index contributed by atoms with van der Waals surface area (Å²) in [5.74, 6) is -0.170. The maximum Gasteiger partial charge on any atom is 0.272 e. The molecule has 1 aromatic rings. The first-order valence-corrected chi connectivity index (χ1v) is 7.45. The summed E-state index contributed by atoms with van der Waals surface area (Å²) < 4.78 is 33.4. The Morgan fingerprint density at radius 2 is 2.14 bits per heavy atom.